The van der Waals surface area contributed by atoms with Gasteiger partial charge in [-0.25, -0.2) is 9.37 Å². The van der Waals surface area contributed by atoms with E-state index < -0.39 is 0 Å². The van der Waals surface area contributed by atoms with Crippen molar-refractivity contribution in [2.75, 3.05) is 13.7 Å². The number of hydrogen-bond acceptors (Lipinski definition) is 4. The molecule has 1 heterocycles. The second-order valence-corrected chi connectivity index (χ2v) is 5.46. The predicted molar refractivity (Wildman–Crippen MR) is 80.8 cm³/mol. The molecule has 0 aliphatic heterocycles. The number of nitrogens with zero attached hydrogens (tertiary/aromatic N) is 1. The SMILES string of the molecule is CCNCc1sc(-c2ccc(F)c(OC)c2)nc1CC. The molecular weight excluding hydrogens is 275 g/mol. The molecule has 0 spiro atoms. The van der Waals surface area contributed by atoms with E-state index in [1.165, 1.54) is 18.1 Å². The van der Waals surface area contributed by atoms with Gasteiger partial charge in [0.25, 0.3) is 0 Å². The second-order valence-electron chi connectivity index (χ2n) is 4.37. The Morgan fingerprint density at radius 3 is 2.80 bits per heavy atom. The average Bonchev–Trinajstić information content (AvgIpc) is 2.88. The average molecular weight is 294 g/mol. The number of aromatic nitrogens is 1. The minimum absolute atomic E-state index is 0.254. The van der Waals surface area contributed by atoms with E-state index in [0.29, 0.717) is 0 Å². The maximum Gasteiger partial charge on any atom is 0.165 e. The van der Waals surface area contributed by atoms with Gasteiger partial charge in [-0.15, -0.1) is 11.3 Å². The van der Waals surface area contributed by atoms with E-state index >= 15 is 0 Å². The Morgan fingerprint density at radius 1 is 1.35 bits per heavy atom. The third-order valence-corrected chi connectivity index (χ3v) is 4.19. The number of aryl methyl sites for hydroxylation is 1. The normalized spacial score (nSPS) is 10.8. The van der Waals surface area contributed by atoms with Gasteiger partial charge >= 0.3 is 0 Å². The maximum absolute atomic E-state index is 13.5. The largest absolute Gasteiger partial charge is 0.494 e. The molecular formula is C15H19FN2OS. The fraction of sp³-hybridized carbons (Fsp3) is 0.400. The minimum Gasteiger partial charge on any atom is -0.494 e. The van der Waals surface area contributed by atoms with Gasteiger partial charge in [-0.3, -0.25) is 0 Å². The first-order valence-electron chi connectivity index (χ1n) is 6.72. The zero-order valence-corrected chi connectivity index (χ0v) is 12.8. The summed E-state index contributed by atoms with van der Waals surface area (Å²) in [4.78, 5) is 5.90. The third-order valence-electron chi connectivity index (χ3n) is 3.05. The predicted octanol–water partition coefficient (Wildman–Crippen LogP) is 3.63. The van der Waals surface area contributed by atoms with E-state index in [2.05, 4.69) is 24.1 Å². The van der Waals surface area contributed by atoms with Crippen molar-refractivity contribution in [2.45, 2.75) is 26.8 Å². The van der Waals surface area contributed by atoms with Crippen molar-refractivity contribution in [2.24, 2.45) is 0 Å². The van der Waals surface area contributed by atoms with Gasteiger partial charge in [0.05, 0.1) is 12.8 Å². The van der Waals surface area contributed by atoms with Crippen LogP contribution in [0.2, 0.25) is 0 Å². The molecule has 1 aromatic carbocycles. The van der Waals surface area contributed by atoms with E-state index in [0.717, 1.165) is 35.8 Å². The fourth-order valence-corrected chi connectivity index (χ4v) is 3.07. The zero-order valence-electron chi connectivity index (χ0n) is 12.0. The summed E-state index contributed by atoms with van der Waals surface area (Å²) in [6.07, 6.45) is 0.898. The van der Waals surface area contributed by atoms with Crippen LogP contribution in [0.3, 0.4) is 0 Å². The van der Waals surface area contributed by atoms with Crippen LogP contribution in [-0.4, -0.2) is 18.6 Å². The highest BCUT2D eigenvalue weighted by Gasteiger charge is 2.13. The smallest absolute Gasteiger partial charge is 0.165 e. The van der Waals surface area contributed by atoms with Crippen LogP contribution >= 0.6 is 11.3 Å². The lowest BCUT2D eigenvalue weighted by Crippen LogP contribution is -2.11. The summed E-state index contributed by atoms with van der Waals surface area (Å²) in [5, 5.41) is 4.23. The Labute approximate surface area is 122 Å². The van der Waals surface area contributed by atoms with Gasteiger partial charge in [0, 0.05) is 17.0 Å². The molecule has 0 amide bonds. The van der Waals surface area contributed by atoms with Gasteiger partial charge in [-0.05, 0) is 31.2 Å². The van der Waals surface area contributed by atoms with Crippen molar-refractivity contribution in [1.82, 2.24) is 10.3 Å². The van der Waals surface area contributed by atoms with E-state index in [4.69, 9.17) is 4.74 Å². The Kier molecular flexibility index (Phi) is 5.09. The number of benzene rings is 1. The minimum atomic E-state index is -0.351. The molecule has 20 heavy (non-hydrogen) atoms. The van der Waals surface area contributed by atoms with E-state index in [1.54, 1.807) is 23.5 Å². The molecule has 0 saturated carbocycles. The molecule has 3 nitrogen and oxygen atoms in total. The lowest BCUT2D eigenvalue weighted by molar-refractivity contribution is 0.387. The number of ether oxygens (including phenoxy) is 1. The molecule has 0 radical (unpaired) electrons. The number of nitrogens with one attached hydrogen (secondary N) is 1. The molecule has 0 aliphatic carbocycles. The topological polar surface area (TPSA) is 34.1 Å². The molecule has 0 fully saturated rings. The van der Waals surface area contributed by atoms with Crippen molar-refractivity contribution in [3.8, 4) is 16.3 Å². The Morgan fingerprint density at radius 2 is 2.15 bits per heavy atom. The van der Waals surface area contributed by atoms with Crippen LogP contribution in [0.4, 0.5) is 4.39 Å². The van der Waals surface area contributed by atoms with Crippen molar-refractivity contribution in [3.05, 3.63) is 34.6 Å². The van der Waals surface area contributed by atoms with Crippen LogP contribution < -0.4 is 10.1 Å². The van der Waals surface area contributed by atoms with Gasteiger partial charge < -0.3 is 10.1 Å². The monoisotopic (exact) mass is 294 g/mol. The fourth-order valence-electron chi connectivity index (χ4n) is 1.95. The standard InChI is InChI=1S/C15H19FN2OS/c1-4-12-14(9-17-5-2)20-15(18-12)10-6-7-11(16)13(8-10)19-3/h6-8,17H,4-5,9H2,1-3H3. The molecule has 1 N–H and O–H groups in total. The molecule has 0 atom stereocenters. The van der Waals surface area contributed by atoms with Crippen molar-refractivity contribution >= 4 is 11.3 Å². The summed E-state index contributed by atoms with van der Waals surface area (Å²) in [5.74, 6) is -0.0969. The molecule has 2 aromatic rings. The first-order valence-corrected chi connectivity index (χ1v) is 7.54. The van der Waals surface area contributed by atoms with Crippen LogP contribution in [0.5, 0.6) is 5.75 Å². The van der Waals surface area contributed by atoms with Crippen LogP contribution in [0.1, 0.15) is 24.4 Å². The summed E-state index contributed by atoms with van der Waals surface area (Å²) >= 11 is 1.65. The highest BCUT2D eigenvalue weighted by atomic mass is 32.1. The molecule has 1 aromatic heterocycles. The van der Waals surface area contributed by atoms with Crippen LogP contribution in [0, 0.1) is 5.82 Å². The second kappa shape index (κ2) is 6.81. The highest BCUT2D eigenvalue weighted by Crippen LogP contribution is 2.31. The van der Waals surface area contributed by atoms with Crippen molar-refractivity contribution < 1.29 is 9.13 Å². The van der Waals surface area contributed by atoms with Crippen molar-refractivity contribution in [3.63, 3.8) is 0 Å². The maximum atomic E-state index is 13.5. The molecule has 2 rings (SSSR count). The first-order chi connectivity index (χ1) is 9.69. The Balaban J connectivity index is 2.35. The van der Waals surface area contributed by atoms with Gasteiger partial charge in [0.1, 0.15) is 5.01 Å². The van der Waals surface area contributed by atoms with E-state index in [-0.39, 0.29) is 11.6 Å². The summed E-state index contributed by atoms with van der Waals surface area (Å²) in [5.41, 5.74) is 2.00. The van der Waals surface area contributed by atoms with Gasteiger partial charge in [0.2, 0.25) is 0 Å². The van der Waals surface area contributed by atoms with Gasteiger partial charge in [-0.1, -0.05) is 13.8 Å². The van der Waals surface area contributed by atoms with E-state index in [9.17, 15) is 4.39 Å². The Bertz CT molecular complexity index is 583. The van der Waals surface area contributed by atoms with Crippen LogP contribution in [0.15, 0.2) is 18.2 Å². The van der Waals surface area contributed by atoms with Gasteiger partial charge in [-0.2, -0.15) is 0 Å². The number of thiazole rings is 1. The molecule has 0 aliphatic rings. The lowest BCUT2D eigenvalue weighted by atomic mass is 10.2. The van der Waals surface area contributed by atoms with E-state index in [1.807, 2.05) is 0 Å². The quantitative estimate of drug-likeness (QED) is 0.883. The number of rotatable bonds is 6. The summed E-state index contributed by atoms with van der Waals surface area (Å²) in [7, 11) is 1.47. The van der Waals surface area contributed by atoms with Crippen LogP contribution in [-0.2, 0) is 13.0 Å². The number of halogens is 1. The molecule has 5 heteroatoms. The zero-order chi connectivity index (χ0) is 14.5. The lowest BCUT2D eigenvalue weighted by Gasteiger charge is -2.03. The third kappa shape index (κ3) is 3.16. The highest BCUT2D eigenvalue weighted by molar-refractivity contribution is 7.15. The van der Waals surface area contributed by atoms with Crippen molar-refractivity contribution in [1.29, 1.82) is 0 Å². The number of methoxy groups -OCH3 is 1. The Hall–Kier alpha value is -1.46. The molecule has 0 saturated heterocycles. The summed E-state index contributed by atoms with van der Waals surface area (Å²) in [6, 6.07) is 4.86. The van der Waals surface area contributed by atoms with Gasteiger partial charge in [0.15, 0.2) is 11.6 Å². The van der Waals surface area contributed by atoms with Crippen LogP contribution in [0.25, 0.3) is 10.6 Å². The number of hydrogen-bond donors (Lipinski definition) is 1. The summed E-state index contributed by atoms with van der Waals surface area (Å²) < 4.78 is 18.5. The molecule has 0 bridgehead atoms. The molecule has 0 unspecified atom stereocenters. The molecule has 108 valence electrons. The first kappa shape index (κ1) is 14.9. The summed E-state index contributed by atoms with van der Waals surface area (Å²) in [6.45, 7) is 5.94.